The maximum absolute atomic E-state index is 15.0. The first-order chi connectivity index (χ1) is 19.5. The number of benzene rings is 2. The smallest absolute Gasteiger partial charge is 0.417 e. The lowest BCUT2D eigenvalue weighted by molar-refractivity contribution is -0.137. The van der Waals surface area contributed by atoms with E-state index in [-0.39, 0.29) is 29.8 Å². The quantitative estimate of drug-likeness (QED) is 0.198. The van der Waals surface area contributed by atoms with Crippen LogP contribution in [0.5, 0.6) is 0 Å². The van der Waals surface area contributed by atoms with Gasteiger partial charge in [-0.2, -0.15) is 13.2 Å². The fourth-order valence-corrected chi connectivity index (χ4v) is 4.41. The lowest BCUT2D eigenvalue weighted by atomic mass is 10.0. The number of nitrogens with zero attached hydrogens (tertiary/aromatic N) is 2. The van der Waals surface area contributed by atoms with Gasteiger partial charge >= 0.3 is 12.3 Å². The van der Waals surface area contributed by atoms with Crippen molar-refractivity contribution in [1.29, 1.82) is 0 Å². The van der Waals surface area contributed by atoms with Crippen LogP contribution in [-0.2, 0) is 22.3 Å². The molecule has 0 bridgehead atoms. The highest BCUT2D eigenvalue weighted by atomic mass is 35.5. The lowest BCUT2D eigenvalue weighted by Gasteiger charge is -2.15. The molecular weight excluding hydrogens is 566 g/mol. The molecule has 218 valence electrons. The number of amides is 2. The van der Waals surface area contributed by atoms with Gasteiger partial charge in [-0.1, -0.05) is 35.9 Å². The van der Waals surface area contributed by atoms with Crippen LogP contribution >= 0.6 is 11.6 Å². The van der Waals surface area contributed by atoms with Crippen molar-refractivity contribution >= 4 is 35.1 Å². The van der Waals surface area contributed by atoms with Gasteiger partial charge in [0, 0.05) is 31.8 Å². The Morgan fingerprint density at radius 1 is 1.15 bits per heavy atom. The molecule has 13 heteroatoms. The lowest BCUT2D eigenvalue weighted by Crippen LogP contribution is -2.33. The molecule has 0 radical (unpaired) electrons. The molecule has 2 amide bonds. The second-order valence-corrected chi connectivity index (χ2v) is 9.83. The maximum Gasteiger partial charge on any atom is 0.417 e. The number of nitrogens with one attached hydrogen (secondary N) is 3. The minimum Gasteiger partial charge on any atom is -0.442 e. The Bertz CT molecular complexity index is 1390. The predicted molar refractivity (Wildman–Crippen MR) is 147 cm³/mol. The summed E-state index contributed by atoms with van der Waals surface area (Å²) in [5.41, 5.74) is 1.51. The number of cyclic esters (lactones) is 1. The van der Waals surface area contributed by atoms with Crippen molar-refractivity contribution < 1.29 is 31.9 Å². The average molecular weight is 594 g/mol. The molecule has 0 saturated carbocycles. The van der Waals surface area contributed by atoms with Gasteiger partial charge in [0.15, 0.2) is 0 Å². The molecule has 1 atom stereocenters. The highest BCUT2D eigenvalue weighted by Gasteiger charge is 2.33. The van der Waals surface area contributed by atoms with Gasteiger partial charge in [-0.05, 0) is 48.4 Å². The molecule has 1 saturated heterocycles. The van der Waals surface area contributed by atoms with Crippen LogP contribution in [0.4, 0.5) is 33.9 Å². The van der Waals surface area contributed by atoms with E-state index in [4.69, 9.17) is 16.3 Å². The van der Waals surface area contributed by atoms with Crippen molar-refractivity contribution in [2.45, 2.75) is 32.2 Å². The largest absolute Gasteiger partial charge is 0.442 e. The number of carbonyl (C=O) groups is 2. The average Bonchev–Trinajstić information content (AvgIpc) is 3.30. The van der Waals surface area contributed by atoms with Crippen molar-refractivity contribution in [3.05, 3.63) is 76.7 Å². The van der Waals surface area contributed by atoms with Crippen LogP contribution in [0.15, 0.2) is 54.7 Å². The Hall–Kier alpha value is -3.90. The second-order valence-electron chi connectivity index (χ2n) is 9.42. The number of rotatable bonds is 11. The standard InChI is InChI=1S/C28H28ClF4N5O3/c1-17(39)36-15-22-16-38(27(40)41-22)21-7-8-23(25(30)12-21)19-5-3-18(4-6-19)13-34-9-2-10-35-26-24(29)11-20(14-37-26)28(31,32)33/h3-8,11-12,14,22,34H,2,9-10,13,15-16H2,1H3,(H,35,37)(H,36,39)/t22-/m0/s1. The van der Waals surface area contributed by atoms with Gasteiger partial charge in [0.2, 0.25) is 5.91 Å². The van der Waals surface area contributed by atoms with Crippen molar-refractivity contribution in [3.63, 3.8) is 0 Å². The van der Waals surface area contributed by atoms with Gasteiger partial charge in [0.05, 0.1) is 29.4 Å². The van der Waals surface area contributed by atoms with Crippen LogP contribution in [0.2, 0.25) is 5.02 Å². The zero-order chi connectivity index (χ0) is 29.6. The molecule has 0 spiro atoms. The van der Waals surface area contributed by atoms with Crippen LogP contribution in [-0.4, -0.2) is 49.3 Å². The topological polar surface area (TPSA) is 95.6 Å². The van der Waals surface area contributed by atoms with E-state index in [9.17, 15) is 27.2 Å². The molecule has 0 aliphatic carbocycles. The first kappa shape index (κ1) is 30.1. The second kappa shape index (κ2) is 13.2. The normalized spacial score (nSPS) is 15.1. The number of anilines is 2. The fourth-order valence-electron chi connectivity index (χ4n) is 4.18. The van der Waals surface area contributed by atoms with Gasteiger partial charge in [-0.25, -0.2) is 14.2 Å². The zero-order valence-electron chi connectivity index (χ0n) is 22.0. The summed E-state index contributed by atoms with van der Waals surface area (Å²) in [5.74, 6) is -0.518. The molecule has 3 N–H and O–H groups in total. The Balaban J connectivity index is 1.23. The molecule has 1 aromatic heterocycles. The summed E-state index contributed by atoms with van der Waals surface area (Å²) >= 11 is 5.89. The number of pyridine rings is 1. The van der Waals surface area contributed by atoms with E-state index >= 15 is 0 Å². The van der Waals surface area contributed by atoms with Crippen molar-refractivity contribution in [3.8, 4) is 11.1 Å². The minimum atomic E-state index is -4.50. The van der Waals surface area contributed by atoms with Crippen LogP contribution in [0.3, 0.4) is 0 Å². The van der Waals surface area contributed by atoms with E-state index in [1.807, 2.05) is 24.3 Å². The molecule has 4 rings (SSSR count). The van der Waals surface area contributed by atoms with Crippen molar-refractivity contribution in [1.82, 2.24) is 15.6 Å². The summed E-state index contributed by atoms with van der Waals surface area (Å²) in [6.07, 6.45) is -4.19. The molecule has 1 aliphatic rings. The van der Waals surface area contributed by atoms with Crippen LogP contribution < -0.4 is 20.9 Å². The molecule has 3 aromatic rings. The van der Waals surface area contributed by atoms with Crippen LogP contribution in [0.1, 0.15) is 24.5 Å². The number of hydrogen-bond donors (Lipinski definition) is 3. The fraction of sp³-hybridized carbons (Fsp3) is 0.321. The first-order valence-corrected chi connectivity index (χ1v) is 13.2. The highest BCUT2D eigenvalue weighted by Crippen LogP contribution is 2.32. The van der Waals surface area contributed by atoms with E-state index < -0.39 is 29.8 Å². The van der Waals surface area contributed by atoms with Crippen LogP contribution in [0.25, 0.3) is 11.1 Å². The summed E-state index contributed by atoms with van der Waals surface area (Å²) < 4.78 is 58.4. The molecular formula is C28H28ClF4N5O3. The van der Waals surface area contributed by atoms with Gasteiger partial charge in [-0.15, -0.1) is 0 Å². The number of aromatic nitrogens is 1. The van der Waals surface area contributed by atoms with Gasteiger partial charge < -0.3 is 20.7 Å². The van der Waals surface area contributed by atoms with Crippen molar-refractivity contribution in [2.24, 2.45) is 0 Å². The summed E-state index contributed by atoms with van der Waals surface area (Å²) in [6.45, 7) is 3.42. The third-order valence-corrected chi connectivity index (χ3v) is 6.59. The third kappa shape index (κ3) is 8.08. The van der Waals surface area contributed by atoms with Crippen LogP contribution in [0, 0.1) is 5.82 Å². The van der Waals surface area contributed by atoms with Gasteiger partial charge in [-0.3, -0.25) is 9.69 Å². The summed E-state index contributed by atoms with van der Waals surface area (Å²) in [5, 5.41) is 8.71. The molecule has 0 unspecified atom stereocenters. The highest BCUT2D eigenvalue weighted by molar-refractivity contribution is 6.32. The third-order valence-electron chi connectivity index (χ3n) is 6.30. The molecule has 1 aliphatic heterocycles. The van der Waals surface area contributed by atoms with Gasteiger partial charge in [0.1, 0.15) is 17.7 Å². The first-order valence-electron chi connectivity index (χ1n) is 12.8. The Morgan fingerprint density at radius 2 is 1.90 bits per heavy atom. The number of alkyl halides is 3. The molecule has 8 nitrogen and oxygen atoms in total. The monoisotopic (exact) mass is 593 g/mol. The van der Waals surface area contributed by atoms with E-state index in [1.54, 1.807) is 12.1 Å². The number of ether oxygens (including phenoxy) is 1. The Labute approximate surface area is 239 Å². The number of halogens is 5. The van der Waals surface area contributed by atoms with Gasteiger partial charge in [0.25, 0.3) is 0 Å². The summed E-state index contributed by atoms with van der Waals surface area (Å²) in [7, 11) is 0. The van der Waals surface area contributed by atoms with E-state index in [2.05, 4.69) is 20.9 Å². The summed E-state index contributed by atoms with van der Waals surface area (Å²) in [4.78, 5) is 28.4. The van der Waals surface area contributed by atoms with Crippen molar-refractivity contribution in [2.75, 3.05) is 36.4 Å². The Morgan fingerprint density at radius 3 is 2.56 bits per heavy atom. The molecule has 1 fully saturated rings. The molecule has 2 heterocycles. The zero-order valence-corrected chi connectivity index (χ0v) is 22.8. The van der Waals surface area contributed by atoms with E-state index in [0.29, 0.717) is 42.9 Å². The predicted octanol–water partition coefficient (Wildman–Crippen LogP) is 5.61. The molecule has 2 aromatic carbocycles. The minimum absolute atomic E-state index is 0.0927. The molecule has 41 heavy (non-hydrogen) atoms. The SMILES string of the molecule is CC(=O)NC[C@H]1CN(c2ccc(-c3ccc(CNCCCNc4ncc(C(F)(F)F)cc4Cl)cc3)c(F)c2)C(=O)O1. The maximum atomic E-state index is 15.0. The Kier molecular flexibility index (Phi) is 9.66. The number of hydrogen-bond acceptors (Lipinski definition) is 6. The number of carbonyl (C=O) groups excluding carboxylic acids is 2. The van der Waals surface area contributed by atoms with E-state index in [1.165, 1.54) is 17.9 Å². The summed E-state index contributed by atoms with van der Waals surface area (Å²) in [6, 6.07) is 12.8. The van der Waals surface area contributed by atoms with E-state index in [0.717, 1.165) is 17.8 Å².